The van der Waals surface area contributed by atoms with Crippen LogP contribution in [0.3, 0.4) is 0 Å². The van der Waals surface area contributed by atoms with Gasteiger partial charge in [0.2, 0.25) is 5.82 Å². The molecule has 1 aromatic heterocycles. The van der Waals surface area contributed by atoms with Crippen LogP contribution >= 0.6 is 12.2 Å². The second kappa shape index (κ2) is 7.70. The van der Waals surface area contributed by atoms with Crippen LogP contribution < -0.4 is 11.2 Å². The number of carbonyl (C=O) groups is 1. The molecule has 12 heteroatoms. The summed E-state index contributed by atoms with van der Waals surface area (Å²) in [7, 11) is 1.17. The van der Waals surface area contributed by atoms with Gasteiger partial charge in [0.1, 0.15) is 12.3 Å². The van der Waals surface area contributed by atoms with Gasteiger partial charge in [0.05, 0.1) is 19.7 Å². The number of Topliss-reactive ketones (excluding diaryl/α,β-unsaturated/α-hetero) is 1. The smallest absolute Gasteiger partial charge is 0.354 e. The van der Waals surface area contributed by atoms with E-state index in [2.05, 4.69) is 4.74 Å². The van der Waals surface area contributed by atoms with Crippen LogP contribution in [-0.2, 0) is 19.0 Å². The zero-order valence-electron chi connectivity index (χ0n) is 15.6. The molecule has 3 N–H and O–H groups in total. The highest BCUT2D eigenvalue weighted by Crippen LogP contribution is 2.39. The number of rotatable bonds is 4. The number of methoxy groups -OCH3 is 1. The molecule has 1 saturated heterocycles. The van der Waals surface area contributed by atoms with E-state index < -0.39 is 64.1 Å². The molecule has 4 atom stereocenters. The summed E-state index contributed by atoms with van der Waals surface area (Å²) >= 11 is 4.75. The van der Waals surface area contributed by atoms with Crippen LogP contribution in [0.25, 0.3) is 0 Å². The quantitative estimate of drug-likeness (QED) is 0.437. The van der Waals surface area contributed by atoms with Gasteiger partial charge in [-0.2, -0.15) is 4.39 Å². The highest BCUT2D eigenvalue weighted by molar-refractivity contribution is 7.79. The molecule has 156 valence electrons. The number of H-pyrrole nitrogens is 1. The fraction of sp³-hybridized carbons (Fsp3) is 0.625. The van der Waals surface area contributed by atoms with Crippen molar-refractivity contribution in [2.45, 2.75) is 51.4 Å². The van der Waals surface area contributed by atoms with Gasteiger partial charge in [-0.05, 0) is 5.41 Å². The predicted octanol–water partition coefficient (Wildman–Crippen LogP) is -0.424. The summed E-state index contributed by atoms with van der Waals surface area (Å²) in [6.07, 6.45) is -4.71. The van der Waals surface area contributed by atoms with Gasteiger partial charge in [-0.1, -0.05) is 20.8 Å². The molecule has 0 radical (unpaired) electrons. The molecule has 0 bridgehead atoms. The summed E-state index contributed by atoms with van der Waals surface area (Å²) in [5.74, 6) is -4.62. The SMILES string of the molecule is COC(=S)O[C@]1(O)C[C@H](n2cc(F)c(=O)[nH]c2=O)O[C@@H]1C(=O)C(O)C(C)(C)C. The molecule has 1 aliphatic rings. The Morgan fingerprint density at radius 2 is 2.11 bits per heavy atom. The number of aliphatic hydroxyl groups is 2. The van der Waals surface area contributed by atoms with E-state index >= 15 is 0 Å². The Morgan fingerprint density at radius 1 is 1.50 bits per heavy atom. The monoisotopic (exact) mass is 420 g/mol. The topological polar surface area (TPSA) is 140 Å². The molecule has 2 heterocycles. The number of hydrogen-bond acceptors (Lipinski definition) is 9. The highest BCUT2D eigenvalue weighted by atomic mass is 32.1. The van der Waals surface area contributed by atoms with Crippen molar-refractivity contribution >= 4 is 23.2 Å². The molecule has 0 aliphatic carbocycles. The van der Waals surface area contributed by atoms with Gasteiger partial charge in [-0.15, -0.1) is 0 Å². The van der Waals surface area contributed by atoms with Crippen LogP contribution in [0.5, 0.6) is 0 Å². The lowest BCUT2D eigenvalue weighted by atomic mass is 9.83. The number of aromatic amines is 1. The van der Waals surface area contributed by atoms with Crippen molar-refractivity contribution in [3.63, 3.8) is 0 Å². The van der Waals surface area contributed by atoms with E-state index in [0.29, 0.717) is 10.8 Å². The molecule has 0 amide bonds. The number of carbonyl (C=O) groups excluding carboxylic acids is 1. The lowest BCUT2D eigenvalue weighted by Crippen LogP contribution is -2.52. The Kier molecular flexibility index (Phi) is 6.09. The van der Waals surface area contributed by atoms with Crippen molar-refractivity contribution in [3.05, 3.63) is 32.9 Å². The number of halogens is 1. The van der Waals surface area contributed by atoms with Crippen molar-refractivity contribution in [2.75, 3.05) is 7.11 Å². The summed E-state index contributed by atoms with van der Waals surface area (Å²) in [4.78, 5) is 37.7. The van der Waals surface area contributed by atoms with E-state index in [4.69, 9.17) is 21.7 Å². The first kappa shape index (κ1) is 22.1. The van der Waals surface area contributed by atoms with E-state index in [0.717, 1.165) is 0 Å². The molecule has 2 rings (SSSR count). The number of nitrogens with one attached hydrogen (secondary N) is 1. The molecule has 0 saturated carbocycles. The fourth-order valence-corrected chi connectivity index (χ4v) is 2.79. The molecular formula is C16H21FN2O8S. The predicted molar refractivity (Wildman–Crippen MR) is 95.9 cm³/mol. The molecular weight excluding hydrogens is 399 g/mol. The van der Waals surface area contributed by atoms with Gasteiger partial charge in [0.15, 0.2) is 11.9 Å². The third-order valence-electron chi connectivity index (χ3n) is 4.18. The zero-order valence-corrected chi connectivity index (χ0v) is 16.4. The summed E-state index contributed by atoms with van der Waals surface area (Å²) in [5.41, 5.74) is -3.16. The number of thiocarbonyl (C=S) groups is 1. The lowest BCUT2D eigenvalue weighted by Gasteiger charge is -2.31. The number of ketones is 1. The van der Waals surface area contributed by atoms with Crippen LogP contribution in [0.1, 0.15) is 33.4 Å². The van der Waals surface area contributed by atoms with E-state index in [1.165, 1.54) is 7.11 Å². The van der Waals surface area contributed by atoms with Gasteiger partial charge < -0.3 is 24.4 Å². The van der Waals surface area contributed by atoms with Crippen molar-refractivity contribution in [1.82, 2.24) is 9.55 Å². The second-order valence-corrected chi connectivity index (χ2v) is 7.72. The number of nitrogens with zero attached hydrogens (tertiary/aromatic N) is 1. The minimum Gasteiger partial charge on any atom is -0.460 e. The molecule has 1 aliphatic heterocycles. The maximum absolute atomic E-state index is 13.6. The largest absolute Gasteiger partial charge is 0.460 e. The second-order valence-electron chi connectivity index (χ2n) is 7.39. The van der Waals surface area contributed by atoms with Crippen LogP contribution in [0.15, 0.2) is 15.8 Å². The van der Waals surface area contributed by atoms with Gasteiger partial charge in [0.25, 0.3) is 11.3 Å². The summed E-state index contributed by atoms with van der Waals surface area (Å²) in [6, 6.07) is 0. The van der Waals surface area contributed by atoms with Gasteiger partial charge in [-0.25, -0.2) is 4.79 Å². The molecule has 0 spiro atoms. The Morgan fingerprint density at radius 3 is 2.64 bits per heavy atom. The minimum atomic E-state index is -2.41. The molecule has 10 nitrogen and oxygen atoms in total. The van der Waals surface area contributed by atoms with Crippen molar-refractivity contribution < 1.29 is 33.6 Å². The van der Waals surface area contributed by atoms with Gasteiger partial charge >= 0.3 is 10.9 Å². The molecule has 0 aromatic carbocycles. The van der Waals surface area contributed by atoms with E-state index in [-0.39, 0.29) is 0 Å². The molecule has 1 unspecified atom stereocenters. The summed E-state index contributed by atoms with van der Waals surface area (Å²) < 4.78 is 29.5. The fourth-order valence-electron chi connectivity index (χ4n) is 2.65. The van der Waals surface area contributed by atoms with E-state index in [1.54, 1.807) is 25.8 Å². The number of aliphatic hydroxyl groups excluding tert-OH is 1. The maximum atomic E-state index is 13.6. The number of ether oxygens (including phenoxy) is 3. The van der Waals surface area contributed by atoms with Crippen LogP contribution in [0, 0.1) is 11.2 Å². The van der Waals surface area contributed by atoms with Crippen molar-refractivity contribution in [1.29, 1.82) is 0 Å². The Hall–Kier alpha value is -2.15. The first-order valence-corrected chi connectivity index (χ1v) is 8.58. The van der Waals surface area contributed by atoms with E-state index in [1.807, 2.05) is 0 Å². The molecule has 1 fully saturated rings. The van der Waals surface area contributed by atoms with Gasteiger partial charge in [0, 0.05) is 12.2 Å². The third kappa shape index (κ3) is 4.29. The number of hydrogen-bond donors (Lipinski definition) is 3. The standard InChI is InChI=1S/C16H21FN2O8S/c1-15(2,3)10(21)9(20)11-16(24,27-14(28)25-4)5-8(26-11)19-6-7(17)12(22)18-13(19)23/h6,8,10-11,21,24H,5H2,1-4H3,(H,18,22,23)/t8-,10?,11-,16-/m1/s1. The maximum Gasteiger partial charge on any atom is 0.354 e. The summed E-state index contributed by atoms with van der Waals surface area (Å²) in [6.45, 7) is 4.76. The lowest BCUT2D eigenvalue weighted by molar-refractivity contribution is -0.199. The van der Waals surface area contributed by atoms with Crippen LogP contribution in [0.2, 0.25) is 0 Å². The minimum absolute atomic E-state index is 0.519. The summed E-state index contributed by atoms with van der Waals surface area (Å²) in [5, 5.41) is 20.6. The molecule has 1 aromatic rings. The Labute approximate surface area is 163 Å². The third-order valence-corrected chi connectivity index (χ3v) is 4.43. The van der Waals surface area contributed by atoms with Crippen molar-refractivity contribution in [2.24, 2.45) is 5.41 Å². The Bertz CT molecular complexity index is 892. The van der Waals surface area contributed by atoms with Crippen LogP contribution in [-0.4, -0.2) is 55.9 Å². The first-order chi connectivity index (χ1) is 12.8. The average Bonchev–Trinajstić information content (AvgIpc) is 2.92. The molecule has 28 heavy (non-hydrogen) atoms. The number of aromatic nitrogens is 2. The first-order valence-electron chi connectivity index (χ1n) is 8.17. The van der Waals surface area contributed by atoms with Crippen LogP contribution in [0.4, 0.5) is 4.39 Å². The zero-order chi connectivity index (χ0) is 21.4. The normalized spacial score (nSPS) is 26.0. The Balaban J connectivity index is 2.46. The van der Waals surface area contributed by atoms with Gasteiger partial charge in [-0.3, -0.25) is 19.1 Å². The highest BCUT2D eigenvalue weighted by Gasteiger charge is 2.57. The average molecular weight is 420 g/mol. The van der Waals surface area contributed by atoms with Crippen molar-refractivity contribution in [3.8, 4) is 0 Å². The van der Waals surface area contributed by atoms with E-state index in [9.17, 15) is 29.0 Å².